The van der Waals surface area contributed by atoms with E-state index in [1.807, 2.05) is 6.92 Å². The number of ether oxygens (including phenoxy) is 3. The van der Waals surface area contributed by atoms with Crippen LogP contribution >= 0.6 is 0 Å². The monoisotopic (exact) mass is 334 g/mol. The molecule has 7 nitrogen and oxygen atoms in total. The molecule has 7 heteroatoms. The van der Waals surface area contributed by atoms with E-state index in [2.05, 4.69) is 5.32 Å². The molecule has 0 aliphatic carbocycles. The van der Waals surface area contributed by atoms with Crippen molar-refractivity contribution >= 4 is 11.8 Å². The summed E-state index contributed by atoms with van der Waals surface area (Å²) in [6.07, 6.45) is 0.798. The summed E-state index contributed by atoms with van der Waals surface area (Å²) in [4.78, 5) is 26.1. The van der Waals surface area contributed by atoms with Crippen molar-refractivity contribution < 1.29 is 23.8 Å². The molecule has 1 fully saturated rings. The first kappa shape index (κ1) is 16.6. The molecular weight excluding hydrogens is 312 g/mol. The van der Waals surface area contributed by atoms with Crippen LogP contribution in [-0.2, 0) is 9.53 Å². The van der Waals surface area contributed by atoms with Crippen molar-refractivity contribution in [2.24, 2.45) is 5.92 Å². The van der Waals surface area contributed by atoms with Crippen molar-refractivity contribution in [3.8, 4) is 11.5 Å². The number of benzene rings is 1. The van der Waals surface area contributed by atoms with E-state index in [4.69, 9.17) is 14.2 Å². The van der Waals surface area contributed by atoms with Crippen LogP contribution in [0.3, 0.4) is 0 Å². The van der Waals surface area contributed by atoms with Crippen molar-refractivity contribution in [3.63, 3.8) is 0 Å². The first-order chi connectivity index (χ1) is 11.7. The highest BCUT2D eigenvalue weighted by Gasteiger charge is 2.36. The highest BCUT2D eigenvalue weighted by molar-refractivity contribution is 5.96. The summed E-state index contributed by atoms with van der Waals surface area (Å²) in [5.41, 5.74) is 0.551. The molecular formula is C17H22N2O5. The lowest BCUT2D eigenvalue weighted by Crippen LogP contribution is -2.55. The number of amides is 2. The Bertz CT molecular complexity index is 613. The fraction of sp³-hybridized carbons (Fsp3) is 0.529. The fourth-order valence-electron chi connectivity index (χ4n) is 2.70. The van der Waals surface area contributed by atoms with Gasteiger partial charge in [-0.1, -0.05) is 0 Å². The predicted molar refractivity (Wildman–Crippen MR) is 86.1 cm³/mol. The lowest BCUT2D eigenvalue weighted by molar-refractivity contribution is -0.129. The summed E-state index contributed by atoms with van der Waals surface area (Å²) >= 11 is 0. The molecule has 0 bridgehead atoms. The Hall–Kier alpha value is -2.28. The minimum absolute atomic E-state index is 0.00114. The number of fused-ring (bicyclic) bond motifs is 1. The third-order valence-electron chi connectivity index (χ3n) is 4.13. The predicted octanol–water partition coefficient (Wildman–Crippen LogP) is 1.03. The van der Waals surface area contributed by atoms with E-state index in [0.29, 0.717) is 49.9 Å². The molecule has 1 aromatic rings. The van der Waals surface area contributed by atoms with Crippen molar-refractivity contribution in [1.82, 2.24) is 10.2 Å². The van der Waals surface area contributed by atoms with Crippen LogP contribution in [0.25, 0.3) is 0 Å². The quantitative estimate of drug-likeness (QED) is 0.754. The molecule has 3 rings (SSSR count). The number of hydrogen-bond donors (Lipinski definition) is 1. The molecule has 0 aromatic heterocycles. The fourth-order valence-corrected chi connectivity index (χ4v) is 2.70. The third kappa shape index (κ3) is 3.62. The summed E-state index contributed by atoms with van der Waals surface area (Å²) in [5.74, 6) is 1.02. The van der Waals surface area contributed by atoms with E-state index in [-0.39, 0.29) is 24.5 Å². The second-order valence-electron chi connectivity index (χ2n) is 5.82. The molecule has 2 heterocycles. The first-order valence-electron chi connectivity index (χ1n) is 8.23. The maximum Gasteiger partial charge on any atom is 0.254 e. The molecule has 2 aliphatic heterocycles. The Morgan fingerprint density at radius 3 is 2.88 bits per heavy atom. The average Bonchev–Trinajstić information content (AvgIpc) is 3.00. The molecule has 2 amide bonds. The van der Waals surface area contributed by atoms with Gasteiger partial charge in [-0.05, 0) is 31.5 Å². The van der Waals surface area contributed by atoms with Crippen molar-refractivity contribution in [1.29, 1.82) is 0 Å². The van der Waals surface area contributed by atoms with E-state index in [1.165, 1.54) is 0 Å². The minimum Gasteiger partial charge on any atom is -0.454 e. The second kappa shape index (κ2) is 7.53. The topological polar surface area (TPSA) is 77.1 Å². The number of nitrogens with zero attached hydrogens (tertiary/aromatic N) is 1. The Morgan fingerprint density at radius 1 is 1.29 bits per heavy atom. The van der Waals surface area contributed by atoms with Crippen LogP contribution in [-0.4, -0.2) is 56.4 Å². The van der Waals surface area contributed by atoms with Crippen LogP contribution in [0.2, 0.25) is 0 Å². The number of likely N-dealkylation sites (tertiary alicyclic amines) is 1. The summed E-state index contributed by atoms with van der Waals surface area (Å²) in [6.45, 7) is 4.96. The van der Waals surface area contributed by atoms with Crippen LogP contribution < -0.4 is 14.8 Å². The van der Waals surface area contributed by atoms with Crippen LogP contribution in [0.5, 0.6) is 11.5 Å². The van der Waals surface area contributed by atoms with Gasteiger partial charge < -0.3 is 24.4 Å². The molecule has 1 aromatic carbocycles. The van der Waals surface area contributed by atoms with Crippen molar-refractivity contribution in [2.45, 2.75) is 13.3 Å². The van der Waals surface area contributed by atoms with Gasteiger partial charge in [0.2, 0.25) is 12.7 Å². The molecule has 0 spiro atoms. The smallest absolute Gasteiger partial charge is 0.254 e. The largest absolute Gasteiger partial charge is 0.454 e. The van der Waals surface area contributed by atoms with Gasteiger partial charge in [-0.15, -0.1) is 0 Å². The van der Waals surface area contributed by atoms with Gasteiger partial charge in [-0.3, -0.25) is 9.59 Å². The van der Waals surface area contributed by atoms with Gasteiger partial charge in [0.15, 0.2) is 11.5 Å². The zero-order valence-electron chi connectivity index (χ0n) is 13.7. The zero-order chi connectivity index (χ0) is 16.9. The molecule has 1 N–H and O–H groups in total. The van der Waals surface area contributed by atoms with Gasteiger partial charge in [0.25, 0.3) is 5.91 Å². The lowest BCUT2D eigenvalue weighted by atomic mass is 9.97. The van der Waals surface area contributed by atoms with Crippen molar-refractivity contribution in [3.05, 3.63) is 23.8 Å². The number of nitrogens with one attached hydrogen (secondary N) is 1. The second-order valence-corrected chi connectivity index (χ2v) is 5.82. The van der Waals surface area contributed by atoms with Crippen LogP contribution in [0.1, 0.15) is 23.7 Å². The zero-order valence-corrected chi connectivity index (χ0v) is 13.7. The Labute approximate surface area is 140 Å². The minimum atomic E-state index is -0.130. The van der Waals surface area contributed by atoms with E-state index < -0.39 is 0 Å². The molecule has 0 atom stereocenters. The van der Waals surface area contributed by atoms with E-state index in [9.17, 15) is 9.59 Å². The first-order valence-corrected chi connectivity index (χ1v) is 8.23. The van der Waals surface area contributed by atoms with Gasteiger partial charge in [0.05, 0.1) is 5.92 Å². The number of hydrogen-bond acceptors (Lipinski definition) is 5. The van der Waals surface area contributed by atoms with E-state index >= 15 is 0 Å². The van der Waals surface area contributed by atoms with Gasteiger partial charge in [-0.2, -0.15) is 0 Å². The number of rotatable bonds is 7. The van der Waals surface area contributed by atoms with Crippen LogP contribution in [0, 0.1) is 5.92 Å². The van der Waals surface area contributed by atoms with E-state index in [1.54, 1.807) is 23.1 Å². The Kier molecular flexibility index (Phi) is 5.20. The standard InChI is InChI=1S/C17H22N2O5/c1-2-22-7-3-6-18-16(20)13-9-19(10-13)17(21)12-4-5-14-15(8-12)24-11-23-14/h4-5,8,13H,2-3,6-7,9-11H2,1H3,(H,18,20). The van der Waals surface area contributed by atoms with Gasteiger partial charge in [0, 0.05) is 38.4 Å². The molecule has 2 aliphatic rings. The molecule has 130 valence electrons. The molecule has 0 unspecified atom stereocenters. The maximum atomic E-state index is 12.4. The average molecular weight is 334 g/mol. The Balaban J connectivity index is 1.42. The van der Waals surface area contributed by atoms with Crippen LogP contribution in [0.4, 0.5) is 0 Å². The number of carbonyl (C=O) groups excluding carboxylic acids is 2. The van der Waals surface area contributed by atoms with Gasteiger partial charge in [0.1, 0.15) is 0 Å². The summed E-state index contributed by atoms with van der Waals surface area (Å²) < 4.78 is 15.7. The summed E-state index contributed by atoms with van der Waals surface area (Å²) in [7, 11) is 0. The van der Waals surface area contributed by atoms with Crippen LogP contribution in [0.15, 0.2) is 18.2 Å². The number of carbonyl (C=O) groups is 2. The van der Waals surface area contributed by atoms with Gasteiger partial charge >= 0.3 is 0 Å². The molecule has 1 saturated heterocycles. The molecule has 0 radical (unpaired) electrons. The van der Waals surface area contributed by atoms with E-state index in [0.717, 1.165) is 6.42 Å². The van der Waals surface area contributed by atoms with Gasteiger partial charge in [-0.25, -0.2) is 0 Å². The SMILES string of the molecule is CCOCCCNC(=O)C1CN(C(=O)c2ccc3c(c2)OCO3)C1. The maximum absolute atomic E-state index is 12.4. The highest BCUT2D eigenvalue weighted by atomic mass is 16.7. The highest BCUT2D eigenvalue weighted by Crippen LogP contribution is 2.33. The summed E-state index contributed by atoms with van der Waals surface area (Å²) in [5, 5.41) is 2.88. The molecule has 24 heavy (non-hydrogen) atoms. The van der Waals surface area contributed by atoms with Crippen molar-refractivity contribution in [2.75, 3.05) is 39.6 Å². The normalized spacial score (nSPS) is 16.0. The third-order valence-corrected chi connectivity index (χ3v) is 4.13. The molecule has 0 saturated carbocycles. The summed E-state index contributed by atoms with van der Waals surface area (Å²) in [6, 6.07) is 5.14. The Morgan fingerprint density at radius 2 is 2.08 bits per heavy atom. The lowest BCUT2D eigenvalue weighted by Gasteiger charge is -2.38.